The first-order valence-electron chi connectivity index (χ1n) is 6.14. The maximum Gasteiger partial charge on any atom is 0.227 e. The van der Waals surface area contributed by atoms with Crippen LogP contribution >= 0.6 is 15.9 Å². The van der Waals surface area contributed by atoms with E-state index in [1.165, 1.54) is 0 Å². The largest absolute Gasteiger partial charge is 0.391 e. The molecule has 1 aromatic carbocycles. The number of nitrogens with zero attached hydrogens (tertiary/aromatic N) is 1. The van der Waals surface area contributed by atoms with Crippen LogP contribution in [0, 0.1) is 0 Å². The van der Waals surface area contributed by atoms with Gasteiger partial charge in [-0.3, -0.25) is 4.79 Å². The summed E-state index contributed by atoms with van der Waals surface area (Å²) in [5.41, 5.74) is 0.537. The van der Waals surface area contributed by atoms with Gasteiger partial charge in [-0.2, -0.15) is 0 Å². The van der Waals surface area contributed by atoms with Gasteiger partial charge in [0.1, 0.15) is 0 Å². The molecule has 3 nitrogen and oxygen atoms in total. The number of hydrogen-bond donors (Lipinski definition) is 1. The van der Waals surface area contributed by atoms with Crippen LogP contribution in [0.25, 0.3) is 0 Å². The average molecular weight is 312 g/mol. The van der Waals surface area contributed by atoms with E-state index in [4.69, 9.17) is 0 Å². The van der Waals surface area contributed by atoms with E-state index in [0.29, 0.717) is 19.4 Å². The first-order chi connectivity index (χ1) is 8.41. The summed E-state index contributed by atoms with van der Waals surface area (Å²) in [6, 6.07) is 7.77. The maximum absolute atomic E-state index is 12.3. The summed E-state index contributed by atoms with van der Waals surface area (Å²) in [4.78, 5) is 14.1. The molecule has 1 saturated heterocycles. The predicted octanol–water partition coefficient (Wildman–Crippen LogP) is 2.36. The van der Waals surface area contributed by atoms with Gasteiger partial charge < -0.3 is 10.0 Å². The molecule has 1 unspecified atom stereocenters. The van der Waals surface area contributed by atoms with Crippen molar-refractivity contribution in [3.05, 3.63) is 34.3 Å². The average Bonchev–Trinajstić information content (AvgIpc) is 2.54. The van der Waals surface area contributed by atoms with Crippen LogP contribution in [-0.4, -0.2) is 34.1 Å². The Kier molecular flexibility index (Phi) is 3.78. The fraction of sp³-hybridized carbons (Fsp3) is 0.500. The SMILES string of the molecule is CC1(C)C(O)CCN1C(=O)Cc1cccc(Br)c1. The summed E-state index contributed by atoms with van der Waals surface area (Å²) in [5.74, 6) is 0.0784. The van der Waals surface area contributed by atoms with Crippen molar-refractivity contribution in [1.82, 2.24) is 4.90 Å². The number of likely N-dealkylation sites (tertiary alicyclic amines) is 1. The number of aliphatic hydroxyl groups is 1. The molecule has 1 aliphatic heterocycles. The summed E-state index contributed by atoms with van der Waals surface area (Å²) in [5, 5.41) is 9.89. The number of hydrogen-bond acceptors (Lipinski definition) is 2. The molecule has 1 N–H and O–H groups in total. The second kappa shape index (κ2) is 5.02. The Labute approximate surface area is 116 Å². The zero-order chi connectivity index (χ0) is 13.3. The summed E-state index contributed by atoms with van der Waals surface area (Å²) < 4.78 is 0.980. The molecule has 0 spiro atoms. The number of halogens is 1. The Morgan fingerprint density at radius 1 is 1.56 bits per heavy atom. The summed E-state index contributed by atoms with van der Waals surface area (Å²) in [7, 11) is 0. The van der Waals surface area contributed by atoms with Crippen molar-refractivity contribution < 1.29 is 9.90 Å². The standard InChI is InChI=1S/C14H18BrNO2/c1-14(2)12(17)6-7-16(14)13(18)9-10-4-3-5-11(15)8-10/h3-5,8,12,17H,6-7,9H2,1-2H3. The Morgan fingerprint density at radius 3 is 2.83 bits per heavy atom. The molecule has 18 heavy (non-hydrogen) atoms. The second-order valence-electron chi connectivity index (χ2n) is 5.31. The van der Waals surface area contributed by atoms with Gasteiger partial charge in [-0.25, -0.2) is 0 Å². The van der Waals surface area contributed by atoms with Gasteiger partial charge >= 0.3 is 0 Å². The third-order valence-electron chi connectivity index (χ3n) is 3.68. The minimum absolute atomic E-state index is 0.0784. The van der Waals surface area contributed by atoms with Crippen LogP contribution < -0.4 is 0 Å². The number of carbonyl (C=O) groups is 1. The molecule has 1 aromatic rings. The number of rotatable bonds is 2. The van der Waals surface area contributed by atoms with Crippen molar-refractivity contribution >= 4 is 21.8 Å². The molecule has 2 rings (SSSR count). The van der Waals surface area contributed by atoms with Crippen LogP contribution in [-0.2, 0) is 11.2 Å². The lowest BCUT2D eigenvalue weighted by Crippen LogP contribution is -2.48. The second-order valence-corrected chi connectivity index (χ2v) is 6.23. The maximum atomic E-state index is 12.3. The Hall–Kier alpha value is -0.870. The van der Waals surface area contributed by atoms with Gasteiger partial charge in [-0.15, -0.1) is 0 Å². The first-order valence-corrected chi connectivity index (χ1v) is 6.93. The van der Waals surface area contributed by atoms with Crippen LogP contribution in [0.1, 0.15) is 25.8 Å². The van der Waals surface area contributed by atoms with Crippen LogP contribution in [0.2, 0.25) is 0 Å². The Bertz CT molecular complexity index is 459. The number of amides is 1. The van der Waals surface area contributed by atoms with Gasteiger partial charge in [0, 0.05) is 11.0 Å². The molecule has 0 aliphatic carbocycles. The molecule has 98 valence electrons. The van der Waals surface area contributed by atoms with Gasteiger partial charge in [0.2, 0.25) is 5.91 Å². The molecule has 1 aliphatic rings. The molecular formula is C14H18BrNO2. The van der Waals surface area contributed by atoms with Gasteiger partial charge in [-0.05, 0) is 38.0 Å². The number of benzene rings is 1. The molecule has 1 amide bonds. The first kappa shape index (κ1) is 13.6. The van der Waals surface area contributed by atoms with Gasteiger partial charge in [0.05, 0.1) is 18.1 Å². The van der Waals surface area contributed by atoms with Crippen molar-refractivity contribution in [1.29, 1.82) is 0 Å². The number of carbonyl (C=O) groups excluding carboxylic acids is 1. The molecule has 1 fully saturated rings. The van der Waals surface area contributed by atoms with Crippen LogP contribution in [0.15, 0.2) is 28.7 Å². The van der Waals surface area contributed by atoms with E-state index in [1.807, 2.05) is 38.1 Å². The van der Waals surface area contributed by atoms with Crippen molar-refractivity contribution in [3.63, 3.8) is 0 Å². The molecule has 0 saturated carbocycles. The monoisotopic (exact) mass is 311 g/mol. The fourth-order valence-corrected chi connectivity index (χ4v) is 2.88. The van der Waals surface area contributed by atoms with E-state index < -0.39 is 11.6 Å². The van der Waals surface area contributed by atoms with E-state index in [1.54, 1.807) is 4.90 Å². The quantitative estimate of drug-likeness (QED) is 0.911. The van der Waals surface area contributed by atoms with E-state index >= 15 is 0 Å². The Morgan fingerprint density at radius 2 is 2.28 bits per heavy atom. The summed E-state index contributed by atoms with van der Waals surface area (Å²) in [6.07, 6.45) is 0.622. The van der Waals surface area contributed by atoms with E-state index in [9.17, 15) is 9.90 Å². The van der Waals surface area contributed by atoms with Crippen molar-refractivity contribution in [2.24, 2.45) is 0 Å². The highest BCUT2D eigenvalue weighted by Gasteiger charge is 2.42. The third-order valence-corrected chi connectivity index (χ3v) is 4.18. The van der Waals surface area contributed by atoms with Crippen molar-refractivity contribution in [3.8, 4) is 0 Å². The fourth-order valence-electron chi connectivity index (χ4n) is 2.44. The van der Waals surface area contributed by atoms with Crippen molar-refractivity contribution in [2.75, 3.05) is 6.54 Å². The topological polar surface area (TPSA) is 40.5 Å². The molecular weight excluding hydrogens is 294 g/mol. The lowest BCUT2D eigenvalue weighted by atomic mass is 9.98. The van der Waals surface area contributed by atoms with Crippen molar-refractivity contribution in [2.45, 2.75) is 38.3 Å². The summed E-state index contributed by atoms with van der Waals surface area (Å²) in [6.45, 7) is 4.48. The van der Waals surface area contributed by atoms with E-state index in [2.05, 4.69) is 15.9 Å². The highest BCUT2D eigenvalue weighted by molar-refractivity contribution is 9.10. The molecule has 0 bridgehead atoms. The van der Waals surface area contributed by atoms with Gasteiger partial charge in [0.15, 0.2) is 0 Å². The minimum atomic E-state index is -0.455. The predicted molar refractivity (Wildman–Crippen MR) is 74.3 cm³/mol. The van der Waals surface area contributed by atoms with E-state index in [0.717, 1.165) is 10.0 Å². The third kappa shape index (κ3) is 2.59. The van der Waals surface area contributed by atoms with E-state index in [-0.39, 0.29) is 5.91 Å². The lowest BCUT2D eigenvalue weighted by Gasteiger charge is -2.33. The molecule has 1 atom stereocenters. The molecule has 0 aromatic heterocycles. The normalized spacial score (nSPS) is 22.2. The molecule has 4 heteroatoms. The number of aliphatic hydroxyl groups excluding tert-OH is 1. The highest BCUT2D eigenvalue weighted by atomic mass is 79.9. The summed E-state index contributed by atoms with van der Waals surface area (Å²) >= 11 is 3.40. The van der Waals surface area contributed by atoms with Crippen LogP contribution in [0.5, 0.6) is 0 Å². The lowest BCUT2D eigenvalue weighted by molar-refractivity contribution is -0.135. The highest BCUT2D eigenvalue weighted by Crippen LogP contribution is 2.29. The zero-order valence-corrected chi connectivity index (χ0v) is 12.3. The van der Waals surface area contributed by atoms with Crippen LogP contribution in [0.3, 0.4) is 0 Å². The zero-order valence-electron chi connectivity index (χ0n) is 10.7. The smallest absolute Gasteiger partial charge is 0.227 e. The minimum Gasteiger partial charge on any atom is -0.391 e. The Balaban J connectivity index is 2.09. The molecule has 0 radical (unpaired) electrons. The van der Waals surface area contributed by atoms with Gasteiger partial charge in [-0.1, -0.05) is 28.1 Å². The molecule has 1 heterocycles. The van der Waals surface area contributed by atoms with Gasteiger partial charge in [0.25, 0.3) is 0 Å². The van der Waals surface area contributed by atoms with Crippen LogP contribution in [0.4, 0.5) is 0 Å².